The average Bonchev–Trinajstić information content (AvgIpc) is 3.32. The minimum absolute atomic E-state index is 0.0464. The molecule has 1 fully saturated rings. The summed E-state index contributed by atoms with van der Waals surface area (Å²) in [6.07, 6.45) is 1.82. The molecular weight excluding hydrogens is 356 g/mol. The number of rotatable bonds is 3. The van der Waals surface area contributed by atoms with Gasteiger partial charge in [0.15, 0.2) is 11.5 Å². The predicted octanol–water partition coefficient (Wildman–Crippen LogP) is 2.49. The largest absolute Gasteiger partial charge is 0.454 e. The molecule has 3 aliphatic heterocycles. The van der Waals surface area contributed by atoms with E-state index >= 15 is 0 Å². The van der Waals surface area contributed by atoms with E-state index in [0.717, 1.165) is 29.0 Å². The lowest BCUT2D eigenvalue weighted by molar-refractivity contribution is -0.142. The molecule has 144 valence electrons. The number of likely N-dealkylation sites (tertiary alicyclic amines) is 1. The van der Waals surface area contributed by atoms with Crippen LogP contribution in [0.2, 0.25) is 0 Å². The van der Waals surface area contributed by atoms with E-state index in [0.29, 0.717) is 32.5 Å². The second-order valence-corrected chi connectivity index (χ2v) is 7.55. The summed E-state index contributed by atoms with van der Waals surface area (Å²) in [7, 11) is 0. The number of nitrogens with zero attached hydrogens (tertiary/aromatic N) is 2. The molecule has 5 rings (SSSR count). The summed E-state index contributed by atoms with van der Waals surface area (Å²) in [5.74, 6) is 1.64. The molecule has 0 aliphatic carbocycles. The smallest absolute Gasteiger partial charge is 0.245 e. The van der Waals surface area contributed by atoms with Gasteiger partial charge in [-0.2, -0.15) is 0 Å². The highest BCUT2D eigenvalue weighted by Crippen LogP contribution is 2.37. The molecule has 0 saturated carbocycles. The number of ether oxygens (including phenoxy) is 2. The number of hydrogen-bond donors (Lipinski definition) is 0. The highest BCUT2D eigenvalue weighted by Gasteiger charge is 2.39. The fourth-order valence-electron chi connectivity index (χ4n) is 4.31. The highest BCUT2D eigenvalue weighted by molar-refractivity contribution is 5.91. The summed E-state index contributed by atoms with van der Waals surface area (Å²) in [5, 5.41) is 0. The fraction of sp³-hybridized carbons (Fsp3) is 0.364. The fourth-order valence-corrected chi connectivity index (χ4v) is 4.31. The molecule has 6 heteroatoms. The summed E-state index contributed by atoms with van der Waals surface area (Å²) in [6, 6.07) is 13.5. The molecule has 3 aliphatic rings. The van der Waals surface area contributed by atoms with Gasteiger partial charge >= 0.3 is 0 Å². The van der Waals surface area contributed by atoms with Crippen molar-refractivity contribution in [1.29, 1.82) is 0 Å². The van der Waals surface area contributed by atoms with Crippen LogP contribution in [-0.2, 0) is 29.1 Å². The van der Waals surface area contributed by atoms with Gasteiger partial charge in [0.25, 0.3) is 0 Å². The van der Waals surface area contributed by atoms with Crippen LogP contribution >= 0.6 is 0 Å². The standard InChI is InChI=1S/C22H22N2O4/c25-21-7-6-18(24(21)12-15-4-2-1-3-5-15)22(26)23-9-8-16-10-19-20(28-14-27-19)11-17(16)13-23/h1-5,10-11,18H,6-9,12-14H2. The first-order chi connectivity index (χ1) is 13.7. The Labute approximate surface area is 163 Å². The van der Waals surface area contributed by atoms with Gasteiger partial charge in [-0.1, -0.05) is 30.3 Å². The van der Waals surface area contributed by atoms with Gasteiger partial charge in [0.1, 0.15) is 6.04 Å². The SMILES string of the molecule is O=C(C1CCC(=O)N1Cc1ccccc1)N1CCc2cc3c(cc2C1)OCO3. The van der Waals surface area contributed by atoms with Gasteiger partial charge in [-0.05, 0) is 41.7 Å². The molecule has 0 aromatic heterocycles. The Morgan fingerprint density at radius 2 is 1.79 bits per heavy atom. The second kappa shape index (κ2) is 6.86. The lowest BCUT2D eigenvalue weighted by Crippen LogP contribution is -2.48. The molecule has 6 nitrogen and oxygen atoms in total. The second-order valence-electron chi connectivity index (χ2n) is 7.55. The van der Waals surface area contributed by atoms with Crippen LogP contribution < -0.4 is 9.47 Å². The van der Waals surface area contributed by atoms with Crippen molar-refractivity contribution in [3.05, 3.63) is 59.2 Å². The van der Waals surface area contributed by atoms with Crippen LogP contribution in [0.5, 0.6) is 11.5 Å². The Balaban J connectivity index is 1.33. The lowest BCUT2D eigenvalue weighted by atomic mass is 9.98. The third-order valence-electron chi connectivity index (χ3n) is 5.83. The normalized spacial score (nSPS) is 20.4. The maximum Gasteiger partial charge on any atom is 0.245 e. The van der Waals surface area contributed by atoms with Gasteiger partial charge in [0.05, 0.1) is 0 Å². The van der Waals surface area contributed by atoms with Crippen LogP contribution in [0.15, 0.2) is 42.5 Å². The third-order valence-corrected chi connectivity index (χ3v) is 5.83. The van der Waals surface area contributed by atoms with Crippen LogP contribution in [0.3, 0.4) is 0 Å². The van der Waals surface area contributed by atoms with E-state index in [2.05, 4.69) is 0 Å². The monoisotopic (exact) mass is 378 g/mol. The molecule has 0 radical (unpaired) electrons. The van der Waals surface area contributed by atoms with Crippen molar-refractivity contribution in [2.24, 2.45) is 0 Å². The van der Waals surface area contributed by atoms with Crippen LogP contribution in [0, 0.1) is 0 Å². The molecule has 2 aromatic rings. The maximum absolute atomic E-state index is 13.3. The quantitative estimate of drug-likeness (QED) is 0.823. The summed E-state index contributed by atoms with van der Waals surface area (Å²) in [5.41, 5.74) is 3.35. The topological polar surface area (TPSA) is 59.1 Å². The summed E-state index contributed by atoms with van der Waals surface area (Å²) >= 11 is 0. The number of amides is 2. The van der Waals surface area contributed by atoms with Crippen LogP contribution in [0.25, 0.3) is 0 Å². The van der Waals surface area contributed by atoms with Crippen molar-refractivity contribution in [1.82, 2.24) is 9.80 Å². The lowest BCUT2D eigenvalue weighted by Gasteiger charge is -2.33. The zero-order valence-corrected chi connectivity index (χ0v) is 15.6. The van der Waals surface area contributed by atoms with Crippen molar-refractivity contribution in [2.75, 3.05) is 13.3 Å². The minimum atomic E-state index is -0.372. The van der Waals surface area contributed by atoms with E-state index < -0.39 is 0 Å². The van der Waals surface area contributed by atoms with E-state index in [1.54, 1.807) is 4.90 Å². The van der Waals surface area contributed by atoms with E-state index in [1.165, 1.54) is 5.56 Å². The first-order valence-electron chi connectivity index (χ1n) is 9.72. The van der Waals surface area contributed by atoms with Crippen molar-refractivity contribution < 1.29 is 19.1 Å². The Morgan fingerprint density at radius 1 is 1.04 bits per heavy atom. The van der Waals surface area contributed by atoms with E-state index in [-0.39, 0.29) is 24.6 Å². The highest BCUT2D eigenvalue weighted by atomic mass is 16.7. The minimum Gasteiger partial charge on any atom is -0.454 e. The molecule has 28 heavy (non-hydrogen) atoms. The zero-order valence-electron chi connectivity index (χ0n) is 15.6. The Morgan fingerprint density at radius 3 is 2.57 bits per heavy atom. The molecule has 1 unspecified atom stereocenters. The van der Waals surface area contributed by atoms with Gasteiger partial charge in [-0.3, -0.25) is 9.59 Å². The predicted molar refractivity (Wildman–Crippen MR) is 102 cm³/mol. The molecule has 0 bridgehead atoms. The molecule has 1 saturated heterocycles. The number of carbonyl (C=O) groups is 2. The molecular formula is C22H22N2O4. The van der Waals surface area contributed by atoms with Gasteiger partial charge < -0.3 is 19.3 Å². The Bertz CT molecular complexity index is 928. The average molecular weight is 378 g/mol. The zero-order chi connectivity index (χ0) is 19.1. The number of benzene rings is 2. The molecule has 1 atom stereocenters. The van der Waals surface area contributed by atoms with Crippen LogP contribution in [0.4, 0.5) is 0 Å². The Hall–Kier alpha value is -3.02. The third kappa shape index (κ3) is 2.99. The first-order valence-corrected chi connectivity index (χ1v) is 9.72. The first kappa shape index (κ1) is 17.1. The van der Waals surface area contributed by atoms with Gasteiger partial charge in [0, 0.05) is 26.1 Å². The molecule has 2 aromatic carbocycles. The van der Waals surface area contributed by atoms with E-state index in [4.69, 9.17) is 9.47 Å². The maximum atomic E-state index is 13.3. The van der Waals surface area contributed by atoms with Crippen molar-refractivity contribution in [3.63, 3.8) is 0 Å². The van der Waals surface area contributed by atoms with Crippen molar-refractivity contribution in [2.45, 2.75) is 38.4 Å². The van der Waals surface area contributed by atoms with Crippen LogP contribution in [0.1, 0.15) is 29.5 Å². The summed E-state index contributed by atoms with van der Waals surface area (Å²) in [4.78, 5) is 29.3. The van der Waals surface area contributed by atoms with E-state index in [1.807, 2.05) is 47.4 Å². The Kier molecular flexibility index (Phi) is 4.19. The summed E-state index contributed by atoms with van der Waals surface area (Å²) < 4.78 is 10.9. The van der Waals surface area contributed by atoms with Gasteiger partial charge in [0.2, 0.25) is 18.6 Å². The number of hydrogen-bond acceptors (Lipinski definition) is 4. The van der Waals surface area contributed by atoms with E-state index in [9.17, 15) is 9.59 Å². The summed E-state index contributed by atoms with van der Waals surface area (Å²) in [6.45, 7) is 1.95. The van der Waals surface area contributed by atoms with Crippen molar-refractivity contribution in [3.8, 4) is 11.5 Å². The molecule has 3 heterocycles. The van der Waals surface area contributed by atoms with Crippen molar-refractivity contribution >= 4 is 11.8 Å². The number of carbonyl (C=O) groups excluding carboxylic acids is 2. The van der Waals surface area contributed by atoms with Gasteiger partial charge in [-0.25, -0.2) is 0 Å². The number of fused-ring (bicyclic) bond motifs is 2. The molecule has 2 amide bonds. The van der Waals surface area contributed by atoms with Gasteiger partial charge in [-0.15, -0.1) is 0 Å². The van der Waals surface area contributed by atoms with Crippen LogP contribution in [-0.4, -0.2) is 41.0 Å². The molecule has 0 N–H and O–H groups in total. The molecule has 0 spiro atoms.